The molecule has 0 amide bonds. The van der Waals surface area contributed by atoms with E-state index >= 15 is 0 Å². The Morgan fingerprint density at radius 2 is 2.14 bits per heavy atom. The lowest BCUT2D eigenvalue weighted by atomic mass is 10.1. The van der Waals surface area contributed by atoms with E-state index in [1.165, 1.54) is 18.3 Å². The molecule has 0 aliphatic heterocycles. The first-order chi connectivity index (χ1) is 9.88. The second-order valence-electron chi connectivity index (χ2n) is 4.27. The Balaban J connectivity index is 2.30. The number of sulfonamides is 1. The molecule has 0 saturated carbocycles. The van der Waals surface area contributed by atoms with E-state index in [1.807, 2.05) is 0 Å². The van der Waals surface area contributed by atoms with Crippen LogP contribution in [-0.4, -0.2) is 29.7 Å². The highest BCUT2D eigenvalue weighted by Crippen LogP contribution is 2.19. The molecule has 0 saturated heterocycles. The topological polar surface area (TPSA) is 112 Å². The van der Waals surface area contributed by atoms with Crippen molar-refractivity contribution in [3.8, 4) is 0 Å². The molecule has 0 radical (unpaired) electrons. The molecule has 0 aliphatic carbocycles. The van der Waals surface area contributed by atoms with E-state index in [0.717, 1.165) is 11.6 Å². The minimum absolute atomic E-state index is 0.0503. The Hall–Kier alpha value is -2.61. The fourth-order valence-electron chi connectivity index (χ4n) is 1.65. The molecular formula is C13H13N3O4S. The van der Waals surface area contributed by atoms with Gasteiger partial charge in [0.05, 0.1) is 6.20 Å². The number of aryl methyl sites for hydroxylation is 1. The molecule has 2 rings (SSSR count). The Morgan fingerprint density at radius 1 is 1.38 bits per heavy atom. The summed E-state index contributed by atoms with van der Waals surface area (Å²) in [5.41, 5.74) is 1.78. The molecule has 1 heterocycles. The third kappa shape index (κ3) is 3.69. The van der Waals surface area contributed by atoms with Crippen LogP contribution < -0.4 is 4.72 Å². The van der Waals surface area contributed by atoms with Crippen molar-refractivity contribution in [1.29, 1.82) is 0 Å². The van der Waals surface area contributed by atoms with Gasteiger partial charge in [-0.1, -0.05) is 6.07 Å². The Morgan fingerprint density at radius 3 is 2.76 bits per heavy atom. The molecule has 110 valence electrons. The van der Waals surface area contributed by atoms with Crippen molar-refractivity contribution < 1.29 is 18.3 Å². The smallest absolute Gasteiger partial charge is 0.328 e. The summed E-state index contributed by atoms with van der Waals surface area (Å²) in [7, 11) is -3.74. The van der Waals surface area contributed by atoms with Gasteiger partial charge in [0.15, 0.2) is 5.03 Å². The average molecular weight is 307 g/mol. The van der Waals surface area contributed by atoms with Crippen molar-refractivity contribution in [2.24, 2.45) is 0 Å². The van der Waals surface area contributed by atoms with E-state index in [-0.39, 0.29) is 5.03 Å². The van der Waals surface area contributed by atoms with Crippen LogP contribution in [0.1, 0.15) is 11.1 Å². The van der Waals surface area contributed by atoms with Crippen molar-refractivity contribution in [2.75, 3.05) is 4.72 Å². The number of aliphatic carboxylic acids is 1. The third-order valence-corrected chi connectivity index (χ3v) is 4.01. The van der Waals surface area contributed by atoms with Crippen molar-refractivity contribution >= 4 is 27.8 Å². The zero-order valence-electron chi connectivity index (χ0n) is 11.1. The molecule has 2 aromatic rings. The normalized spacial score (nSPS) is 11.7. The summed E-state index contributed by atoms with van der Waals surface area (Å²) >= 11 is 0. The summed E-state index contributed by atoms with van der Waals surface area (Å²) in [4.78, 5) is 10.5. The van der Waals surface area contributed by atoms with Gasteiger partial charge in [-0.3, -0.25) is 9.82 Å². The summed E-state index contributed by atoms with van der Waals surface area (Å²) in [5, 5.41) is 14.5. The van der Waals surface area contributed by atoms with Crippen LogP contribution in [0.3, 0.4) is 0 Å². The maximum atomic E-state index is 12.0. The molecule has 0 bridgehead atoms. The fourth-order valence-corrected chi connectivity index (χ4v) is 2.61. The van der Waals surface area contributed by atoms with Gasteiger partial charge in [0.2, 0.25) is 0 Å². The van der Waals surface area contributed by atoms with Crippen LogP contribution in [0.25, 0.3) is 6.08 Å². The van der Waals surface area contributed by atoms with Gasteiger partial charge in [0.1, 0.15) is 0 Å². The van der Waals surface area contributed by atoms with Gasteiger partial charge in [-0.2, -0.15) is 13.5 Å². The first-order valence-electron chi connectivity index (χ1n) is 5.92. The SMILES string of the molecule is Cc1ccc(NS(=O)(=O)c2ccn[nH]2)cc1/C=C/C(=O)O. The van der Waals surface area contributed by atoms with Crippen molar-refractivity contribution in [1.82, 2.24) is 10.2 Å². The first-order valence-corrected chi connectivity index (χ1v) is 7.41. The maximum Gasteiger partial charge on any atom is 0.328 e. The number of aromatic amines is 1. The molecule has 8 heteroatoms. The molecule has 7 nitrogen and oxygen atoms in total. The number of carbonyl (C=O) groups is 1. The van der Waals surface area contributed by atoms with Crippen LogP contribution in [0.15, 0.2) is 41.6 Å². The number of hydrogen-bond acceptors (Lipinski definition) is 4. The molecule has 0 aliphatic rings. The molecule has 0 spiro atoms. The summed E-state index contributed by atoms with van der Waals surface area (Å²) in [6.07, 6.45) is 3.74. The predicted octanol–water partition coefficient (Wildman–Crippen LogP) is 1.62. The molecule has 0 fully saturated rings. The minimum atomic E-state index is -3.74. The summed E-state index contributed by atoms with van der Waals surface area (Å²) in [6.45, 7) is 1.80. The number of aromatic nitrogens is 2. The highest BCUT2D eigenvalue weighted by molar-refractivity contribution is 7.92. The number of nitrogens with zero attached hydrogens (tertiary/aromatic N) is 1. The van der Waals surface area contributed by atoms with E-state index < -0.39 is 16.0 Å². The summed E-state index contributed by atoms with van der Waals surface area (Å²) in [5.74, 6) is -1.07. The quantitative estimate of drug-likeness (QED) is 0.727. The minimum Gasteiger partial charge on any atom is -0.478 e. The second-order valence-corrected chi connectivity index (χ2v) is 5.92. The predicted molar refractivity (Wildman–Crippen MR) is 77.2 cm³/mol. The van der Waals surface area contributed by atoms with Crippen LogP contribution >= 0.6 is 0 Å². The van der Waals surface area contributed by atoms with Gasteiger partial charge < -0.3 is 5.11 Å². The van der Waals surface area contributed by atoms with Gasteiger partial charge in [-0.05, 0) is 42.3 Å². The molecule has 1 aromatic carbocycles. The van der Waals surface area contributed by atoms with Gasteiger partial charge in [0, 0.05) is 11.8 Å². The van der Waals surface area contributed by atoms with Crippen LogP contribution in [-0.2, 0) is 14.8 Å². The molecule has 1 aromatic heterocycles. The number of carboxylic acids is 1. The van der Waals surface area contributed by atoms with Crippen molar-refractivity contribution in [3.05, 3.63) is 47.7 Å². The molecule has 3 N–H and O–H groups in total. The number of benzene rings is 1. The monoisotopic (exact) mass is 307 g/mol. The van der Waals surface area contributed by atoms with Gasteiger partial charge in [-0.15, -0.1) is 0 Å². The molecule has 0 atom stereocenters. The van der Waals surface area contributed by atoms with E-state index in [2.05, 4.69) is 14.9 Å². The number of nitrogens with one attached hydrogen (secondary N) is 2. The Kier molecular flexibility index (Phi) is 4.08. The van der Waals surface area contributed by atoms with E-state index in [1.54, 1.807) is 25.1 Å². The van der Waals surface area contributed by atoms with Crippen LogP contribution in [0, 0.1) is 6.92 Å². The third-order valence-electron chi connectivity index (χ3n) is 2.70. The Labute approximate surface area is 121 Å². The molecule has 0 unspecified atom stereocenters. The van der Waals surface area contributed by atoms with E-state index in [0.29, 0.717) is 11.3 Å². The average Bonchev–Trinajstić information content (AvgIpc) is 2.93. The lowest BCUT2D eigenvalue weighted by molar-refractivity contribution is -0.131. The van der Waals surface area contributed by atoms with E-state index in [9.17, 15) is 13.2 Å². The highest BCUT2D eigenvalue weighted by atomic mass is 32.2. The summed E-state index contributed by atoms with van der Waals surface area (Å²) < 4.78 is 26.5. The van der Waals surface area contributed by atoms with Gasteiger partial charge in [-0.25, -0.2) is 4.79 Å². The van der Waals surface area contributed by atoms with Gasteiger partial charge in [0.25, 0.3) is 10.0 Å². The summed E-state index contributed by atoms with van der Waals surface area (Å²) in [6, 6.07) is 6.19. The largest absolute Gasteiger partial charge is 0.478 e. The molecular weight excluding hydrogens is 294 g/mol. The van der Waals surface area contributed by atoms with Crippen LogP contribution in [0.2, 0.25) is 0 Å². The second kappa shape index (κ2) is 5.80. The standard InChI is InChI=1S/C13H13N3O4S/c1-9-2-4-11(8-10(9)3-5-13(17)18)16-21(19,20)12-6-7-14-15-12/h2-8,16H,1H3,(H,14,15)(H,17,18)/b5-3+. The number of anilines is 1. The van der Waals surface area contributed by atoms with Gasteiger partial charge >= 0.3 is 5.97 Å². The lowest BCUT2D eigenvalue weighted by Crippen LogP contribution is -2.13. The van der Waals surface area contributed by atoms with Crippen molar-refractivity contribution in [3.63, 3.8) is 0 Å². The maximum absolute atomic E-state index is 12.0. The zero-order valence-corrected chi connectivity index (χ0v) is 11.9. The first kappa shape index (κ1) is 14.8. The number of carboxylic acid groups (broad SMARTS) is 1. The molecule has 21 heavy (non-hydrogen) atoms. The van der Waals surface area contributed by atoms with Crippen LogP contribution in [0.5, 0.6) is 0 Å². The number of hydrogen-bond donors (Lipinski definition) is 3. The van der Waals surface area contributed by atoms with Crippen molar-refractivity contribution in [2.45, 2.75) is 11.9 Å². The lowest BCUT2D eigenvalue weighted by Gasteiger charge is -2.08. The number of rotatable bonds is 5. The fraction of sp³-hybridized carbons (Fsp3) is 0.0769. The Bertz CT molecular complexity index is 780. The zero-order chi connectivity index (χ0) is 15.5. The van der Waals surface area contributed by atoms with Crippen LogP contribution in [0.4, 0.5) is 5.69 Å². The van der Waals surface area contributed by atoms with E-state index in [4.69, 9.17) is 5.11 Å². The highest BCUT2D eigenvalue weighted by Gasteiger charge is 2.15. The number of H-pyrrole nitrogens is 1.